The van der Waals surface area contributed by atoms with Gasteiger partial charge in [0.15, 0.2) is 12.4 Å². The van der Waals surface area contributed by atoms with Crippen molar-refractivity contribution in [1.29, 1.82) is 0 Å². The number of ether oxygens (including phenoxy) is 4. The van der Waals surface area contributed by atoms with Crippen LogP contribution in [0.2, 0.25) is 0 Å². The normalized spacial score (nSPS) is 25.2. The van der Waals surface area contributed by atoms with E-state index in [0.717, 1.165) is 22.6 Å². The average Bonchev–Trinajstić information content (AvgIpc) is 3.98. The standard InChI is InChI=1S/C53H67N7O17/c1-30(56-43(66)16-21-74-23-24-75-22-19-55-42(65)15-20-60-44(67)11-12-45(60)68)47(69)57-31(2)48(70)59-38(26-41(54)64)49(71)58-34-8-5-32(6-9-34)28-76-50(72)77-29-40(63)53(73)18-14-37-36-10-7-33-25-35(61)13-17-51(33,3)46(36)39(62)27-52(37,53)4/h5-6,8-9,11-13,17,25,30-31,36-38,46,73H,7,10,14-16,18-24,26-29H2,1-4H3,(H2,54,64)(H,55,65)(H,56,66)(H,57,69)(H,58,71)(H,59,70)/t30-,31?,36+,37?,38-,46?,51?,52+,53?/m0/s1. The number of rotatable bonds is 26. The van der Waals surface area contributed by atoms with E-state index >= 15 is 0 Å². The zero-order chi connectivity index (χ0) is 56.2. The summed E-state index contributed by atoms with van der Waals surface area (Å²) in [6.07, 6.45) is 7.14. The van der Waals surface area contributed by atoms with Gasteiger partial charge in [-0.05, 0) is 81.2 Å². The van der Waals surface area contributed by atoms with E-state index in [4.69, 9.17) is 24.7 Å². The number of carbonyl (C=O) groups excluding carboxylic acids is 12. The monoisotopic (exact) mass is 1070 g/mol. The highest BCUT2D eigenvalue weighted by Gasteiger charge is 2.68. The van der Waals surface area contributed by atoms with Crippen LogP contribution in [0.25, 0.3) is 0 Å². The Kier molecular flexibility index (Phi) is 19.6. The average molecular weight is 1070 g/mol. The van der Waals surface area contributed by atoms with Crippen LogP contribution in [0.15, 0.2) is 60.2 Å². The van der Waals surface area contributed by atoms with E-state index in [2.05, 4.69) is 26.6 Å². The highest BCUT2D eigenvalue weighted by atomic mass is 16.7. The van der Waals surface area contributed by atoms with Crippen molar-refractivity contribution < 1.29 is 81.6 Å². The summed E-state index contributed by atoms with van der Waals surface area (Å²) >= 11 is 0. The van der Waals surface area contributed by atoms with Gasteiger partial charge in [0.05, 0.1) is 32.8 Å². The highest BCUT2D eigenvalue weighted by molar-refractivity contribution is 6.13. The molecule has 24 nitrogen and oxygen atoms in total. The van der Waals surface area contributed by atoms with Gasteiger partial charge in [-0.15, -0.1) is 0 Å². The van der Waals surface area contributed by atoms with Gasteiger partial charge >= 0.3 is 6.16 Å². The quantitative estimate of drug-likeness (QED) is 0.0372. The Balaban J connectivity index is 0.852. The molecule has 24 heteroatoms. The molecule has 8 amide bonds. The molecule has 1 aliphatic heterocycles. The van der Waals surface area contributed by atoms with Gasteiger partial charge in [-0.25, -0.2) is 4.79 Å². The lowest BCUT2D eigenvalue weighted by atomic mass is 9.46. The van der Waals surface area contributed by atoms with Crippen LogP contribution >= 0.6 is 0 Å². The number of benzene rings is 1. The summed E-state index contributed by atoms with van der Waals surface area (Å²) < 4.78 is 21.1. The first-order valence-corrected chi connectivity index (χ1v) is 25.5. The maximum Gasteiger partial charge on any atom is 0.509 e. The Hall–Kier alpha value is -7.44. The van der Waals surface area contributed by atoms with Crippen molar-refractivity contribution >= 4 is 76.4 Å². The largest absolute Gasteiger partial charge is 0.509 e. The fourth-order valence-corrected chi connectivity index (χ4v) is 11.0. The second kappa shape index (κ2) is 25.6. The Labute approximate surface area is 444 Å². The molecule has 0 saturated heterocycles. The number of primary amides is 1. The molecular formula is C53H67N7O17. The van der Waals surface area contributed by atoms with Gasteiger partial charge in [-0.3, -0.25) is 57.6 Å². The van der Waals surface area contributed by atoms with Crippen molar-refractivity contribution in [1.82, 2.24) is 26.2 Å². The molecular weight excluding hydrogens is 1010 g/mol. The molecule has 1 aromatic carbocycles. The third-order valence-corrected chi connectivity index (χ3v) is 15.2. The van der Waals surface area contributed by atoms with Gasteiger partial charge in [0.25, 0.3) is 11.8 Å². The number of allylic oxidation sites excluding steroid dienone is 4. The van der Waals surface area contributed by atoms with E-state index in [1.165, 1.54) is 44.2 Å². The molecule has 0 spiro atoms. The lowest BCUT2D eigenvalue weighted by molar-refractivity contribution is -0.169. The van der Waals surface area contributed by atoms with Crippen molar-refractivity contribution in [2.24, 2.45) is 34.3 Å². The lowest BCUT2D eigenvalue weighted by Gasteiger charge is -2.56. The van der Waals surface area contributed by atoms with Gasteiger partial charge in [0, 0.05) is 66.9 Å². The summed E-state index contributed by atoms with van der Waals surface area (Å²) in [6.45, 7) is 5.97. The van der Waals surface area contributed by atoms with E-state index in [9.17, 15) is 62.6 Å². The van der Waals surface area contributed by atoms with Gasteiger partial charge in [0.2, 0.25) is 41.2 Å². The predicted molar refractivity (Wildman–Crippen MR) is 269 cm³/mol. The number of anilines is 1. The predicted octanol–water partition coefficient (Wildman–Crippen LogP) is 0.290. The highest BCUT2D eigenvalue weighted by Crippen LogP contribution is 2.66. The molecule has 0 radical (unpaired) electrons. The van der Waals surface area contributed by atoms with Crippen molar-refractivity contribution in [2.75, 3.05) is 51.4 Å². The first-order chi connectivity index (χ1) is 36.4. The fourth-order valence-electron chi connectivity index (χ4n) is 11.0. The summed E-state index contributed by atoms with van der Waals surface area (Å²) in [4.78, 5) is 152. The van der Waals surface area contributed by atoms with Gasteiger partial charge in [0.1, 0.15) is 36.1 Å². The summed E-state index contributed by atoms with van der Waals surface area (Å²) in [5.74, 6) is -6.67. The number of nitrogens with two attached hydrogens (primary N) is 1. The minimum Gasteiger partial charge on any atom is -0.429 e. The van der Waals surface area contributed by atoms with E-state index in [1.807, 2.05) is 13.0 Å². The first-order valence-electron chi connectivity index (χ1n) is 25.5. The SMILES string of the molecule is CC(NC(=O)[C@H](C)NC(=O)CCOCCOCCNC(=O)CCN1C(=O)C=CC1=O)C(=O)N[C@@H](CC(N)=O)C(=O)Nc1ccc(COC(=O)OCC(=O)C2(O)CCC3[C@H]4CCC5=CC(=O)C=CC5(C)C4C(=O)C[C@]32C)cc1. The molecule has 5 unspecified atom stereocenters. The number of amides is 8. The maximum atomic E-state index is 13.9. The Morgan fingerprint density at radius 3 is 2.14 bits per heavy atom. The zero-order valence-electron chi connectivity index (χ0n) is 43.5. The van der Waals surface area contributed by atoms with Gasteiger partial charge in [-0.1, -0.05) is 37.6 Å². The van der Waals surface area contributed by atoms with Crippen LogP contribution in [0.3, 0.4) is 0 Å². The molecule has 4 aliphatic carbocycles. The molecule has 5 aliphatic rings. The molecule has 9 atom stereocenters. The number of carbonyl (C=O) groups is 12. The molecule has 3 fully saturated rings. The Bertz CT molecular complexity index is 2600. The summed E-state index contributed by atoms with van der Waals surface area (Å²) in [5, 5.41) is 24.4. The molecule has 0 aromatic heterocycles. The fraction of sp³-hybridized carbons (Fsp3) is 0.547. The number of Topliss-reactive ketones (excluding diaryl/α,β-unsaturated/α-hetero) is 2. The van der Waals surface area contributed by atoms with Gasteiger partial charge < -0.3 is 56.4 Å². The second-order valence-electron chi connectivity index (χ2n) is 20.4. The number of imide groups is 1. The van der Waals surface area contributed by atoms with Crippen LogP contribution in [-0.4, -0.2) is 151 Å². The molecule has 6 rings (SSSR count). The van der Waals surface area contributed by atoms with Crippen molar-refractivity contribution in [3.05, 3.63) is 65.8 Å². The molecule has 1 aromatic rings. The number of hydrogen-bond donors (Lipinski definition) is 7. The van der Waals surface area contributed by atoms with Crippen molar-refractivity contribution in [3.63, 3.8) is 0 Å². The summed E-state index contributed by atoms with van der Waals surface area (Å²) in [5.41, 5.74) is 3.34. The van der Waals surface area contributed by atoms with Crippen LogP contribution in [0.5, 0.6) is 0 Å². The molecule has 77 heavy (non-hydrogen) atoms. The van der Waals surface area contributed by atoms with E-state index < -0.39 is 101 Å². The minimum atomic E-state index is -1.92. The second-order valence-corrected chi connectivity index (χ2v) is 20.4. The molecule has 8 N–H and O–H groups in total. The van der Waals surface area contributed by atoms with Crippen LogP contribution in [0.1, 0.15) is 84.6 Å². The number of nitrogens with zero attached hydrogens (tertiary/aromatic N) is 1. The molecule has 416 valence electrons. The van der Waals surface area contributed by atoms with Crippen LogP contribution in [0.4, 0.5) is 10.5 Å². The number of aliphatic hydroxyl groups is 1. The van der Waals surface area contributed by atoms with E-state index in [0.29, 0.717) is 24.8 Å². The third-order valence-electron chi connectivity index (χ3n) is 15.2. The van der Waals surface area contributed by atoms with Gasteiger partial charge in [-0.2, -0.15) is 0 Å². The van der Waals surface area contributed by atoms with E-state index in [1.54, 1.807) is 13.0 Å². The van der Waals surface area contributed by atoms with E-state index in [-0.39, 0.29) is 113 Å². The zero-order valence-corrected chi connectivity index (χ0v) is 43.5. The molecule has 0 bridgehead atoms. The Morgan fingerprint density at radius 1 is 0.792 bits per heavy atom. The molecule has 1 heterocycles. The third kappa shape index (κ3) is 14.3. The number of hydrogen-bond acceptors (Lipinski definition) is 17. The van der Waals surface area contributed by atoms with Crippen LogP contribution < -0.4 is 32.3 Å². The summed E-state index contributed by atoms with van der Waals surface area (Å²) in [6, 6.07) is 2.13. The number of ketones is 3. The molecule has 3 saturated carbocycles. The van der Waals surface area contributed by atoms with Crippen molar-refractivity contribution in [2.45, 2.75) is 109 Å². The number of nitrogens with one attached hydrogen (secondary N) is 5. The number of fused-ring (bicyclic) bond motifs is 5. The summed E-state index contributed by atoms with van der Waals surface area (Å²) in [7, 11) is 0. The maximum absolute atomic E-state index is 13.9. The topological polar surface area (TPSA) is 351 Å². The van der Waals surface area contributed by atoms with Crippen LogP contribution in [0, 0.1) is 28.6 Å². The van der Waals surface area contributed by atoms with Crippen LogP contribution in [-0.2, 0) is 78.3 Å². The lowest BCUT2D eigenvalue weighted by Crippen LogP contribution is -2.60. The Morgan fingerprint density at radius 2 is 1.45 bits per heavy atom. The first kappa shape index (κ1) is 58.8. The smallest absolute Gasteiger partial charge is 0.429 e. The van der Waals surface area contributed by atoms with Crippen molar-refractivity contribution in [3.8, 4) is 0 Å². The minimum absolute atomic E-state index is 0.00282.